The first-order valence-electron chi connectivity index (χ1n) is 20.7. The molecule has 0 unspecified atom stereocenters. The molecule has 0 aromatic heterocycles. The van der Waals surface area contributed by atoms with Gasteiger partial charge in [-0.2, -0.15) is 0 Å². The number of rotatable bonds is 32. The highest BCUT2D eigenvalue weighted by molar-refractivity contribution is 6.00. The molecule has 1 aliphatic carbocycles. The highest BCUT2D eigenvalue weighted by Gasteiger charge is 2.49. The van der Waals surface area contributed by atoms with Gasteiger partial charge < -0.3 is 9.47 Å². The third kappa shape index (κ3) is 23.3. The van der Waals surface area contributed by atoms with Gasteiger partial charge in [0.2, 0.25) is 0 Å². The van der Waals surface area contributed by atoms with E-state index in [0.29, 0.717) is 26.1 Å². The van der Waals surface area contributed by atoms with Crippen LogP contribution in [0, 0.1) is 17.3 Å². The van der Waals surface area contributed by atoms with E-state index in [1.807, 2.05) is 0 Å². The minimum atomic E-state index is -1.05. The monoisotopic (exact) mass is 649 g/mol. The Morgan fingerprint density at radius 2 is 0.674 bits per heavy atom. The smallest absolute Gasteiger partial charge is 0.323 e. The lowest BCUT2D eigenvalue weighted by molar-refractivity contribution is -0.175. The number of carbonyl (C=O) groups excluding carboxylic acids is 2. The normalized spacial score (nSPS) is 14.7. The molecule has 0 aromatic carbocycles. The maximum atomic E-state index is 13.2. The molecule has 0 saturated heterocycles. The van der Waals surface area contributed by atoms with Crippen LogP contribution in [0.3, 0.4) is 0 Å². The Balaban J connectivity index is 2.04. The van der Waals surface area contributed by atoms with Gasteiger partial charge in [-0.25, -0.2) is 0 Å². The maximum Gasteiger partial charge on any atom is 0.323 e. The zero-order chi connectivity index (χ0) is 33.6. The third-order valence-corrected chi connectivity index (χ3v) is 10.3. The van der Waals surface area contributed by atoms with Crippen molar-refractivity contribution < 1.29 is 19.1 Å². The van der Waals surface area contributed by atoms with E-state index < -0.39 is 5.41 Å². The average Bonchev–Trinajstić information content (AvgIpc) is 3.04. The van der Waals surface area contributed by atoms with Crippen molar-refractivity contribution in [2.24, 2.45) is 17.3 Å². The Labute approximate surface area is 287 Å². The molecule has 46 heavy (non-hydrogen) atoms. The first-order valence-corrected chi connectivity index (χ1v) is 20.7. The molecule has 272 valence electrons. The predicted octanol–water partition coefficient (Wildman–Crippen LogP) is 13.5. The van der Waals surface area contributed by atoms with Crippen LogP contribution < -0.4 is 0 Å². The van der Waals surface area contributed by atoms with Crippen molar-refractivity contribution in [1.29, 1.82) is 0 Å². The molecule has 0 heterocycles. The second-order valence-corrected chi connectivity index (χ2v) is 15.8. The number of esters is 2. The predicted molar refractivity (Wildman–Crippen MR) is 197 cm³/mol. The molecule has 0 aromatic rings. The standard InChI is InChI=1S/C42H80O4/c1-38(2)32-26-21-17-13-9-5-7-11-15-19-23-30-36-45-40(43)42(34-28-25-29-35-42)41(44)46-37-31-24-20-16-12-8-6-10-14-18-22-27-33-39(3)4/h38-39H,5-37H2,1-4H3. The number of carbonyl (C=O) groups is 2. The van der Waals surface area contributed by atoms with Gasteiger partial charge in [-0.1, -0.05) is 201 Å². The second kappa shape index (κ2) is 30.0. The van der Waals surface area contributed by atoms with Crippen LogP contribution in [-0.4, -0.2) is 25.2 Å². The largest absolute Gasteiger partial charge is 0.465 e. The van der Waals surface area contributed by atoms with Gasteiger partial charge in [-0.15, -0.1) is 0 Å². The van der Waals surface area contributed by atoms with Gasteiger partial charge in [0, 0.05) is 0 Å². The summed E-state index contributed by atoms with van der Waals surface area (Å²) in [7, 11) is 0. The quantitative estimate of drug-likeness (QED) is 0.0414. The molecule has 0 radical (unpaired) electrons. The van der Waals surface area contributed by atoms with Gasteiger partial charge in [0.05, 0.1) is 13.2 Å². The molecule has 1 rings (SSSR count). The van der Waals surface area contributed by atoms with Crippen LogP contribution in [0.25, 0.3) is 0 Å². The van der Waals surface area contributed by atoms with Crippen LogP contribution in [0.4, 0.5) is 0 Å². The summed E-state index contributed by atoms with van der Waals surface area (Å²) in [4.78, 5) is 26.3. The Kier molecular flexibility index (Phi) is 28.0. The van der Waals surface area contributed by atoms with E-state index in [1.54, 1.807) is 0 Å². The van der Waals surface area contributed by atoms with E-state index >= 15 is 0 Å². The summed E-state index contributed by atoms with van der Waals surface area (Å²) in [6.07, 6.45) is 37.9. The van der Waals surface area contributed by atoms with Crippen molar-refractivity contribution in [3.8, 4) is 0 Å². The van der Waals surface area contributed by atoms with Gasteiger partial charge in [-0.05, 0) is 37.5 Å². The summed E-state index contributed by atoms with van der Waals surface area (Å²) in [5, 5.41) is 0. The fraction of sp³-hybridized carbons (Fsp3) is 0.952. The fourth-order valence-corrected chi connectivity index (χ4v) is 7.10. The third-order valence-electron chi connectivity index (χ3n) is 10.3. The topological polar surface area (TPSA) is 52.6 Å². The molecule has 1 aliphatic rings. The van der Waals surface area contributed by atoms with Crippen molar-refractivity contribution in [1.82, 2.24) is 0 Å². The van der Waals surface area contributed by atoms with Crippen molar-refractivity contribution in [3.05, 3.63) is 0 Å². The van der Waals surface area contributed by atoms with E-state index in [9.17, 15) is 9.59 Å². The number of hydrogen-bond donors (Lipinski definition) is 0. The highest BCUT2D eigenvalue weighted by Crippen LogP contribution is 2.39. The SMILES string of the molecule is CC(C)CCCCCCCCCCCCCCOC(=O)C1(C(=O)OCCCCCCCCCCCCCCC(C)C)CCCCC1. The molecule has 0 N–H and O–H groups in total. The molecule has 0 bridgehead atoms. The van der Waals surface area contributed by atoms with Crippen molar-refractivity contribution >= 4 is 11.9 Å². The molecule has 0 atom stereocenters. The lowest BCUT2D eigenvalue weighted by Crippen LogP contribution is -2.43. The van der Waals surface area contributed by atoms with Gasteiger partial charge in [0.15, 0.2) is 5.41 Å². The summed E-state index contributed by atoms with van der Waals surface area (Å²) >= 11 is 0. The van der Waals surface area contributed by atoms with Crippen molar-refractivity contribution in [2.75, 3.05) is 13.2 Å². The molecular formula is C42H80O4. The van der Waals surface area contributed by atoms with Crippen LogP contribution in [0.2, 0.25) is 0 Å². The summed E-state index contributed by atoms with van der Waals surface area (Å²) in [5.41, 5.74) is -1.05. The van der Waals surface area contributed by atoms with Gasteiger partial charge in [0.1, 0.15) is 0 Å². The lowest BCUT2D eigenvalue weighted by atomic mass is 9.74. The van der Waals surface area contributed by atoms with Crippen LogP contribution in [0.1, 0.15) is 227 Å². The fourth-order valence-electron chi connectivity index (χ4n) is 7.10. The van der Waals surface area contributed by atoms with Gasteiger partial charge >= 0.3 is 11.9 Å². The van der Waals surface area contributed by atoms with Crippen LogP contribution in [0.15, 0.2) is 0 Å². The molecule has 0 aliphatic heterocycles. The number of hydrogen-bond acceptors (Lipinski definition) is 4. The molecule has 1 saturated carbocycles. The second-order valence-electron chi connectivity index (χ2n) is 15.8. The van der Waals surface area contributed by atoms with E-state index in [-0.39, 0.29) is 11.9 Å². The summed E-state index contributed by atoms with van der Waals surface area (Å²) < 4.78 is 11.4. The molecule has 4 heteroatoms. The molecule has 0 spiro atoms. The van der Waals surface area contributed by atoms with Crippen molar-refractivity contribution in [2.45, 2.75) is 227 Å². The van der Waals surface area contributed by atoms with E-state index in [2.05, 4.69) is 27.7 Å². The molecule has 1 fully saturated rings. The first-order chi connectivity index (χ1) is 22.4. The number of ether oxygens (including phenoxy) is 2. The summed E-state index contributed by atoms with van der Waals surface area (Å²) in [6, 6.07) is 0. The Hall–Kier alpha value is -1.06. The van der Waals surface area contributed by atoms with Gasteiger partial charge in [-0.3, -0.25) is 9.59 Å². The molecular weight excluding hydrogens is 568 g/mol. The van der Waals surface area contributed by atoms with Crippen LogP contribution in [0.5, 0.6) is 0 Å². The van der Waals surface area contributed by atoms with E-state index in [0.717, 1.165) is 56.8 Å². The van der Waals surface area contributed by atoms with Crippen LogP contribution in [-0.2, 0) is 19.1 Å². The van der Waals surface area contributed by atoms with E-state index in [4.69, 9.17) is 9.47 Å². The number of unbranched alkanes of at least 4 members (excludes halogenated alkanes) is 22. The Morgan fingerprint density at radius 1 is 0.413 bits per heavy atom. The van der Waals surface area contributed by atoms with Crippen LogP contribution >= 0.6 is 0 Å². The zero-order valence-electron chi connectivity index (χ0n) is 31.6. The minimum Gasteiger partial charge on any atom is -0.465 e. The Bertz CT molecular complexity index is 642. The maximum absolute atomic E-state index is 13.2. The summed E-state index contributed by atoms with van der Waals surface area (Å²) in [5.74, 6) is 1.05. The zero-order valence-corrected chi connectivity index (χ0v) is 31.6. The highest BCUT2D eigenvalue weighted by atomic mass is 16.6. The molecule has 4 nitrogen and oxygen atoms in total. The molecule has 0 amide bonds. The minimum absolute atomic E-state index is 0.322. The first kappa shape index (κ1) is 43.0. The van der Waals surface area contributed by atoms with Crippen molar-refractivity contribution in [3.63, 3.8) is 0 Å². The average molecular weight is 649 g/mol. The van der Waals surface area contributed by atoms with Gasteiger partial charge in [0.25, 0.3) is 0 Å². The van der Waals surface area contributed by atoms with E-state index in [1.165, 1.54) is 141 Å². The Morgan fingerprint density at radius 3 is 0.957 bits per heavy atom. The summed E-state index contributed by atoms with van der Waals surface area (Å²) in [6.45, 7) is 10.1. The lowest BCUT2D eigenvalue weighted by Gasteiger charge is -2.32.